The summed E-state index contributed by atoms with van der Waals surface area (Å²) in [6, 6.07) is 10.1. The van der Waals surface area contributed by atoms with Crippen molar-refractivity contribution in [2.24, 2.45) is 5.73 Å². The summed E-state index contributed by atoms with van der Waals surface area (Å²) in [5.41, 5.74) is 7.38. The van der Waals surface area contributed by atoms with Crippen LogP contribution in [0.1, 0.15) is 5.69 Å². The first-order valence-corrected chi connectivity index (χ1v) is 5.26. The number of aromatic nitrogens is 3. The Morgan fingerprint density at radius 2 is 2.06 bits per heavy atom. The summed E-state index contributed by atoms with van der Waals surface area (Å²) in [6.45, 7) is 2.03. The molecule has 0 amide bonds. The van der Waals surface area contributed by atoms with Gasteiger partial charge in [-0.2, -0.15) is 0 Å². The van der Waals surface area contributed by atoms with Crippen molar-refractivity contribution in [3.8, 4) is 0 Å². The summed E-state index contributed by atoms with van der Waals surface area (Å²) >= 11 is 0. The van der Waals surface area contributed by atoms with E-state index in [-0.39, 0.29) is 0 Å². The molecule has 5 nitrogen and oxygen atoms in total. The lowest BCUT2D eigenvalue weighted by Crippen LogP contribution is -2.10. The summed E-state index contributed by atoms with van der Waals surface area (Å²) < 4.78 is 1.79. The van der Waals surface area contributed by atoms with Crippen LogP contribution in [-0.2, 0) is 13.1 Å². The van der Waals surface area contributed by atoms with Crippen LogP contribution in [0.5, 0.6) is 0 Å². The van der Waals surface area contributed by atoms with Crippen molar-refractivity contribution in [3.63, 3.8) is 0 Å². The standard InChI is InChI=1S/C11H15N5/c12-8-11-9-16(15-14-11)7-6-13-10-4-2-1-3-5-10/h1-5,9,13H,6-8,12H2. The lowest BCUT2D eigenvalue weighted by molar-refractivity contribution is 0.608. The highest BCUT2D eigenvalue weighted by atomic mass is 15.4. The smallest absolute Gasteiger partial charge is 0.0962 e. The minimum Gasteiger partial charge on any atom is -0.383 e. The number of hydrogen-bond donors (Lipinski definition) is 2. The van der Waals surface area contributed by atoms with Gasteiger partial charge in [-0.15, -0.1) is 5.10 Å². The highest BCUT2D eigenvalue weighted by molar-refractivity contribution is 5.42. The molecule has 2 rings (SSSR count). The molecule has 1 aromatic heterocycles. The SMILES string of the molecule is NCc1cn(CCNc2ccccc2)nn1. The van der Waals surface area contributed by atoms with Crippen molar-refractivity contribution in [2.75, 3.05) is 11.9 Å². The average Bonchev–Trinajstić information content (AvgIpc) is 2.78. The monoisotopic (exact) mass is 217 g/mol. The lowest BCUT2D eigenvalue weighted by atomic mass is 10.3. The summed E-state index contributed by atoms with van der Waals surface area (Å²) in [4.78, 5) is 0. The molecule has 0 aliphatic rings. The first kappa shape index (κ1) is 10.6. The van der Waals surface area contributed by atoms with Crippen molar-refractivity contribution < 1.29 is 0 Å². The Balaban J connectivity index is 1.80. The third kappa shape index (κ3) is 2.80. The minimum atomic E-state index is 0.437. The maximum atomic E-state index is 5.45. The number of nitrogens with zero attached hydrogens (tertiary/aromatic N) is 3. The van der Waals surface area contributed by atoms with Crippen LogP contribution in [0.15, 0.2) is 36.5 Å². The third-order valence-corrected chi connectivity index (χ3v) is 2.24. The van der Waals surface area contributed by atoms with Gasteiger partial charge in [0, 0.05) is 25.0 Å². The predicted molar refractivity (Wildman–Crippen MR) is 62.8 cm³/mol. The molecule has 0 atom stereocenters. The maximum Gasteiger partial charge on any atom is 0.0962 e. The first-order chi connectivity index (χ1) is 7.88. The molecule has 2 aromatic rings. The second kappa shape index (κ2) is 5.27. The molecule has 0 bridgehead atoms. The molecule has 0 unspecified atom stereocenters. The van der Waals surface area contributed by atoms with Crippen molar-refractivity contribution >= 4 is 5.69 Å². The fourth-order valence-corrected chi connectivity index (χ4v) is 1.41. The second-order valence-corrected chi connectivity index (χ2v) is 3.47. The number of para-hydroxylation sites is 1. The quantitative estimate of drug-likeness (QED) is 0.779. The van der Waals surface area contributed by atoms with Crippen molar-refractivity contribution in [2.45, 2.75) is 13.1 Å². The molecule has 0 aliphatic heterocycles. The summed E-state index contributed by atoms with van der Waals surface area (Å²) in [5, 5.41) is 11.2. The topological polar surface area (TPSA) is 68.8 Å². The molecule has 16 heavy (non-hydrogen) atoms. The van der Waals surface area contributed by atoms with E-state index in [1.165, 1.54) is 0 Å². The van der Waals surface area contributed by atoms with Crippen LogP contribution in [0.25, 0.3) is 0 Å². The van der Waals surface area contributed by atoms with E-state index in [1.807, 2.05) is 36.5 Å². The second-order valence-electron chi connectivity index (χ2n) is 3.47. The summed E-state index contributed by atoms with van der Waals surface area (Å²) in [5.74, 6) is 0. The van der Waals surface area contributed by atoms with Gasteiger partial charge in [-0.1, -0.05) is 23.4 Å². The van der Waals surface area contributed by atoms with Crippen LogP contribution in [0.2, 0.25) is 0 Å². The van der Waals surface area contributed by atoms with E-state index >= 15 is 0 Å². The summed E-state index contributed by atoms with van der Waals surface area (Å²) in [7, 11) is 0. The molecule has 0 saturated heterocycles. The fraction of sp³-hybridized carbons (Fsp3) is 0.273. The largest absolute Gasteiger partial charge is 0.383 e. The van der Waals surface area contributed by atoms with Gasteiger partial charge in [0.25, 0.3) is 0 Å². The Morgan fingerprint density at radius 3 is 2.75 bits per heavy atom. The van der Waals surface area contributed by atoms with Gasteiger partial charge in [0.15, 0.2) is 0 Å². The maximum absolute atomic E-state index is 5.45. The molecule has 0 spiro atoms. The van der Waals surface area contributed by atoms with Gasteiger partial charge < -0.3 is 11.1 Å². The van der Waals surface area contributed by atoms with Crippen LogP contribution in [0.4, 0.5) is 5.69 Å². The third-order valence-electron chi connectivity index (χ3n) is 2.24. The lowest BCUT2D eigenvalue weighted by Gasteiger charge is -2.05. The van der Waals surface area contributed by atoms with Gasteiger partial charge in [-0.3, -0.25) is 4.68 Å². The van der Waals surface area contributed by atoms with Gasteiger partial charge in [0.05, 0.1) is 12.2 Å². The average molecular weight is 217 g/mol. The molecule has 0 aliphatic carbocycles. The first-order valence-electron chi connectivity index (χ1n) is 5.26. The molecule has 0 saturated carbocycles. The predicted octanol–water partition coefficient (Wildman–Crippen LogP) is 0.849. The van der Waals surface area contributed by atoms with Crippen LogP contribution < -0.4 is 11.1 Å². The van der Waals surface area contributed by atoms with Crippen LogP contribution in [0.3, 0.4) is 0 Å². The van der Waals surface area contributed by atoms with Crippen LogP contribution in [-0.4, -0.2) is 21.5 Å². The number of nitrogens with one attached hydrogen (secondary N) is 1. The van der Waals surface area contributed by atoms with E-state index in [4.69, 9.17) is 5.73 Å². The van der Waals surface area contributed by atoms with Crippen LogP contribution in [0, 0.1) is 0 Å². The highest BCUT2D eigenvalue weighted by Crippen LogP contribution is 2.04. The normalized spacial score (nSPS) is 10.3. The molecular formula is C11H15N5. The van der Waals surface area contributed by atoms with Crippen molar-refractivity contribution in [1.29, 1.82) is 0 Å². The zero-order valence-electron chi connectivity index (χ0n) is 9.00. The Bertz CT molecular complexity index is 423. The molecule has 1 heterocycles. The summed E-state index contributed by atoms with van der Waals surface area (Å²) in [6.07, 6.45) is 1.87. The number of hydrogen-bond acceptors (Lipinski definition) is 4. The van der Waals surface area contributed by atoms with Gasteiger partial charge in [0.2, 0.25) is 0 Å². The van der Waals surface area contributed by atoms with Crippen molar-refractivity contribution in [1.82, 2.24) is 15.0 Å². The Kier molecular flexibility index (Phi) is 3.50. The van der Waals surface area contributed by atoms with E-state index in [9.17, 15) is 0 Å². The molecule has 3 N–H and O–H groups in total. The Hall–Kier alpha value is -1.88. The Morgan fingerprint density at radius 1 is 1.25 bits per heavy atom. The molecule has 0 fully saturated rings. The van der Waals surface area contributed by atoms with Gasteiger partial charge >= 0.3 is 0 Å². The molecule has 5 heteroatoms. The fourth-order valence-electron chi connectivity index (χ4n) is 1.41. The zero-order valence-corrected chi connectivity index (χ0v) is 9.00. The molecule has 84 valence electrons. The molecule has 0 radical (unpaired) electrons. The van der Waals surface area contributed by atoms with Crippen molar-refractivity contribution in [3.05, 3.63) is 42.2 Å². The van der Waals surface area contributed by atoms with E-state index in [0.717, 1.165) is 24.5 Å². The van der Waals surface area contributed by atoms with Gasteiger partial charge in [-0.05, 0) is 12.1 Å². The van der Waals surface area contributed by atoms with Gasteiger partial charge in [0.1, 0.15) is 0 Å². The number of nitrogens with two attached hydrogens (primary N) is 1. The molecular weight excluding hydrogens is 202 g/mol. The Labute approximate surface area is 94.3 Å². The van der Waals surface area contributed by atoms with E-state index in [1.54, 1.807) is 4.68 Å². The molecule has 1 aromatic carbocycles. The zero-order chi connectivity index (χ0) is 11.2. The number of benzene rings is 1. The van der Waals surface area contributed by atoms with Crippen LogP contribution >= 0.6 is 0 Å². The van der Waals surface area contributed by atoms with Gasteiger partial charge in [-0.25, -0.2) is 0 Å². The minimum absolute atomic E-state index is 0.437. The van der Waals surface area contributed by atoms with E-state index in [0.29, 0.717) is 6.54 Å². The highest BCUT2D eigenvalue weighted by Gasteiger charge is 1.97. The van der Waals surface area contributed by atoms with E-state index in [2.05, 4.69) is 15.6 Å². The number of rotatable bonds is 5. The number of anilines is 1. The van der Waals surface area contributed by atoms with E-state index < -0.39 is 0 Å².